The van der Waals surface area contributed by atoms with Crippen molar-refractivity contribution in [3.05, 3.63) is 23.8 Å². The van der Waals surface area contributed by atoms with E-state index >= 15 is 0 Å². The highest BCUT2D eigenvalue weighted by Crippen LogP contribution is 2.45. The number of ether oxygens (including phenoxy) is 3. The van der Waals surface area contributed by atoms with Crippen molar-refractivity contribution in [1.82, 2.24) is 0 Å². The van der Waals surface area contributed by atoms with Crippen molar-refractivity contribution >= 4 is 11.7 Å². The van der Waals surface area contributed by atoms with Crippen molar-refractivity contribution in [2.24, 2.45) is 11.1 Å². The second-order valence-electron chi connectivity index (χ2n) is 8.27. The van der Waals surface area contributed by atoms with Crippen LogP contribution < -0.4 is 9.47 Å². The van der Waals surface area contributed by atoms with Gasteiger partial charge in [-0.15, -0.1) is 0 Å². The monoisotopic (exact) mass is 401 g/mol. The van der Waals surface area contributed by atoms with Gasteiger partial charge < -0.3 is 19.0 Å². The minimum Gasteiger partial charge on any atom is -0.493 e. The molecule has 1 atom stereocenters. The van der Waals surface area contributed by atoms with E-state index in [9.17, 15) is 4.79 Å². The van der Waals surface area contributed by atoms with Crippen molar-refractivity contribution in [1.29, 1.82) is 0 Å². The summed E-state index contributed by atoms with van der Waals surface area (Å²) in [6, 6.07) is 5.75. The Morgan fingerprint density at radius 2 is 1.90 bits per heavy atom. The summed E-state index contributed by atoms with van der Waals surface area (Å²) in [7, 11) is 1.64. The zero-order chi connectivity index (χ0) is 20.3. The van der Waals surface area contributed by atoms with E-state index in [2.05, 4.69) is 5.16 Å². The van der Waals surface area contributed by atoms with Gasteiger partial charge >= 0.3 is 5.97 Å². The molecule has 1 aliphatic heterocycles. The zero-order valence-corrected chi connectivity index (χ0v) is 17.4. The minimum atomic E-state index is -0.577. The lowest BCUT2D eigenvalue weighted by atomic mass is 9.73. The van der Waals surface area contributed by atoms with Crippen molar-refractivity contribution in [2.45, 2.75) is 76.4 Å². The van der Waals surface area contributed by atoms with E-state index in [1.165, 1.54) is 12.8 Å². The first-order valence-electron chi connectivity index (χ1n) is 10.9. The van der Waals surface area contributed by atoms with E-state index in [1.807, 2.05) is 25.1 Å². The SMILES string of the molecule is CCOC(=O)C1C(c2ccc(OC)c(OC3CCCC3)c2)=NOC12CCCCC2. The largest absolute Gasteiger partial charge is 0.493 e. The van der Waals surface area contributed by atoms with Crippen LogP contribution in [-0.2, 0) is 14.4 Å². The molecule has 1 spiro atoms. The molecule has 0 N–H and O–H groups in total. The Balaban J connectivity index is 1.65. The van der Waals surface area contributed by atoms with E-state index in [4.69, 9.17) is 19.0 Å². The third kappa shape index (κ3) is 3.94. The van der Waals surface area contributed by atoms with E-state index in [0.29, 0.717) is 23.8 Å². The van der Waals surface area contributed by atoms with Crippen molar-refractivity contribution in [2.75, 3.05) is 13.7 Å². The van der Waals surface area contributed by atoms with E-state index in [1.54, 1.807) is 7.11 Å². The summed E-state index contributed by atoms with van der Waals surface area (Å²) in [5.41, 5.74) is 0.898. The van der Waals surface area contributed by atoms with Crippen LogP contribution in [0.25, 0.3) is 0 Å². The molecule has 4 rings (SSSR count). The molecule has 1 heterocycles. The van der Waals surface area contributed by atoms with Gasteiger partial charge in [0.15, 0.2) is 17.1 Å². The summed E-state index contributed by atoms with van der Waals surface area (Å²) in [5.74, 6) is 0.641. The molecule has 0 amide bonds. The molecule has 2 saturated carbocycles. The minimum absolute atomic E-state index is 0.214. The fourth-order valence-electron chi connectivity index (χ4n) is 4.91. The van der Waals surface area contributed by atoms with Crippen LogP contribution >= 0.6 is 0 Å². The van der Waals surface area contributed by atoms with Crippen LogP contribution in [0, 0.1) is 5.92 Å². The highest BCUT2D eigenvalue weighted by molar-refractivity contribution is 6.13. The standard InChI is InChI=1S/C23H31NO5/c1-3-27-22(25)20-21(24-29-23(20)13-7-4-8-14-23)16-11-12-18(26-2)19(15-16)28-17-9-5-6-10-17/h11-12,15,17,20H,3-10,13-14H2,1-2H3. The number of carbonyl (C=O) groups excluding carboxylic acids is 1. The highest BCUT2D eigenvalue weighted by Gasteiger charge is 2.54. The maximum absolute atomic E-state index is 13.0. The molecule has 158 valence electrons. The highest BCUT2D eigenvalue weighted by atomic mass is 16.7. The maximum atomic E-state index is 13.0. The first kappa shape index (κ1) is 20.0. The third-order valence-electron chi connectivity index (χ3n) is 6.40. The number of hydrogen-bond donors (Lipinski definition) is 0. The number of oxime groups is 1. The summed E-state index contributed by atoms with van der Waals surface area (Å²) < 4.78 is 17.2. The molecule has 6 nitrogen and oxygen atoms in total. The molecule has 0 radical (unpaired) electrons. The molecule has 1 aromatic rings. The lowest BCUT2D eigenvalue weighted by molar-refractivity contribution is -0.157. The van der Waals surface area contributed by atoms with Gasteiger partial charge in [0.05, 0.1) is 19.8 Å². The van der Waals surface area contributed by atoms with Crippen LogP contribution in [0.5, 0.6) is 11.5 Å². The lowest BCUT2D eigenvalue weighted by Crippen LogP contribution is -2.46. The Hall–Kier alpha value is -2.24. The molecule has 0 bridgehead atoms. The van der Waals surface area contributed by atoms with Gasteiger partial charge in [-0.05, 0) is 76.5 Å². The predicted octanol–water partition coefficient (Wildman–Crippen LogP) is 4.63. The first-order chi connectivity index (χ1) is 14.2. The van der Waals surface area contributed by atoms with Gasteiger partial charge in [0.1, 0.15) is 11.6 Å². The number of nitrogens with zero attached hydrogens (tertiary/aromatic N) is 1. The van der Waals surface area contributed by atoms with Gasteiger partial charge in [-0.1, -0.05) is 11.6 Å². The van der Waals surface area contributed by atoms with E-state index in [-0.39, 0.29) is 12.1 Å². The number of methoxy groups -OCH3 is 1. The second kappa shape index (κ2) is 8.64. The molecule has 2 aliphatic carbocycles. The number of carbonyl (C=O) groups is 1. The summed E-state index contributed by atoms with van der Waals surface area (Å²) in [5, 5.41) is 4.42. The summed E-state index contributed by atoms with van der Waals surface area (Å²) in [6.45, 7) is 2.18. The normalized spacial score (nSPS) is 23.5. The van der Waals surface area contributed by atoms with Crippen molar-refractivity contribution in [3.8, 4) is 11.5 Å². The first-order valence-corrected chi connectivity index (χ1v) is 10.9. The van der Waals surface area contributed by atoms with Crippen LogP contribution in [0.1, 0.15) is 70.3 Å². The van der Waals surface area contributed by atoms with Gasteiger partial charge in [-0.2, -0.15) is 0 Å². The fourth-order valence-corrected chi connectivity index (χ4v) is 4.91. The molecule has 1 aromatic carbocycles. The smallest absolute Gasteiger partial charge is 0.319 e. The fraction of sp³-hybridized carbons (Fsp3) is 0.652. The quantitative estimate of drug-likeness (QED) is 0.650. The average molecular weight is 402 g/mol. The molecular weight excluding hydrogens is 370 g/mol. The Morgan fingerprint density at radius 1 is 1.14 bits per heavy atom. The third-order valence-corrected chi connectivity index (χ3v) is 6.40. The number of rotatable bonds is 6. The van der Waals surface area contributed by atoms with E-state index in [0.717, 1.165) is 50.5 Å². The Labute approximate surface area is 172 Å². The number of hydrogen-bond acceptors (Lipinski definition) is 6. The van der Waals surface area contributed by atoms with Gasteiger partial charge in [-0.25, -0.2) is 0 Å². The summed E-state index contributed by atoms with van der Waals surface area (Å²) in [6.07, 6.45) is 9.62. The van der Waals surface area contributed by atoms with Crippen LogP contribution in [0.2, 0.25) is 0 Å². The molecule has 3 aliphatic rings. The number of benzene rings is 1. The van der Waals surface area contributed by atoms with Crippen LogP contribution in [0.3, 0.4) is 0 Å². The summed E-state index contributed by atoms with van der Waals surface area (Å²) in [4.78, 5) is 18.9. The zero-order valence-electron chi connectivity index (χ0n) is 17.4. The molecule has 1 unspecified atom stereocenters. The molecule has 0 aromatic heterocycles. The molecule has 0 saturated heterocycles. The predicted molar refractivity (Wildman–Crippen MR) is 109 cm³/mol. The van der Waals surface area contributed by atoms with Gasteiger partial charge in [0.2, 0.25) is 0 Å². The Bertz CT molecular complexity index is 763. The Morgan fingerprint density at radius 3 is 2.59 bits per heavy atom. The topological polar surface area (TPSA) is 66.4 Å². The summed E-state index contributed by atoms with van der Waals surface area (Å²) >= 11 is 0. The molecule has 6 heteroatoms. The van der Waals surface area contributed by atoms with Crippen LogP contribution in [0.4, 0.5) is 0 Å². The van der Waals surface area contributed by atoms with Gasteiger partial charge in [0.25, 0.3) is 0 Å². The molecule has 29 heavy (non-hydrogen) atoms. The average Bonchev–Trinajstić information content (AvgIpc) is 3.37. The van der Waals surface area contributed by atoms with Crippen molar-refractivity contribution in [3.63, 3.8) is 0 Å². The van der Waals surface area contributed by atoms with Gasteiger partial charge in [-0.3, -0.25) is 4.79 Å². The van der Waals surface area contributed by atoms with Gasteiger partial charge in [0, 0.05) is 5.56 Å². The van der Waals surface area contributed by atoms with E-state index < -0.39 is 11.5 Å². The van der Waals surface area contributed by atoms with Crippen LogP contribution in [-0.4, -0.2) is 37.1 Å². The molecular formula is C23H31NO5. The Kier molecular flexibility index (Phi) is 5.97. The lowest BCUT2D eigenvalue weighted by Gasteiger charge is -2.35. The number of esters is 1. The van der Waals surface area contributed by atoms with Crippen molar-refractivity contribution < 1.29 is 23.8 Å². The maximum Gasteiger partial charge on any atom is 0.319 e. The van der Waals surface area contributed by atoms with Crippen LogP contribution in [0.15, 0.2) is 23.4 Å². The molecule has 2 fully saturated rings. The second-order valence-corrected chi connectivity index (χ2v) is 8.27.